The Morgan fingerprint density at radius 3 is 2.52 bits per heavy atom. The second-order valence-electron chi connectivity index (χ2n) is 6.70. The lowest BCUT2D eigenvalue weighted by atomic mass is 9.75. The molecule has 0 aromatic carbocycles. The number of anilines is 2. The van der Waals surface area contributed by atoms with Gasteiger partial charge in [0, 0.05) is 45.0 Å². The molecular weight excluding hydrogens is 331 g/mol. The van der Waals surface area contributed by atoms with Crippen LogP contribution < -0.4 is 9.80 Å². The number of hydrogen-bond acceptors (Lipinski definition) is 5. The Hall–Kier alpha value is -2.38. The summed E-state index contributed by atoms with van der Waals surface area (Å²) in [6, 6.07) is 4.53. The molecule has 132 valence electrons. The summed E-state index contributed by atoms with van der Waals surface area (Å²) in [5.74, 6) is -2.50. The minimum atomic E-state index is -2.81. The van der Waals surface area contributed by atoms with E-state index in [9.17, 15) is 13.2 Å². The normalized spacial score (nSPS) is 25.6. The Morgan fingerprint density at radius 1 is 0.960 bits per heavy atom. The molecule has 2 fully saturated rings. The molecule has 5 nitrogen and oxygen atoms in total. The first-order chi connectivity index (χ1) is 12.0. The Morgan fingerprint density at radius 2 is 1.76 bits per heavy atom. The van der Waals surface area contributed by atoms with E-state index >= 15 is 0 Å². The molecule has 8 heteroatoms. The van der Waals surface area contributed by atoms with E-state index in [-0.39, 0.29) is 38.3 Å². The summed E-state index contributed by atoms with van der Waals surface area (Å²) >= 11 is 0. The van der Waals surface area contributed by atoms with Gasteiger partial charge in [-0.25, -0.2) is 28.1 Å². The Kier molecular flexibility index (Phi) is 3.77. The quantitative estimate of drug-likeness (QED) is 0.834. The minimum absolute atomic E-state index is 0.0789. The van der Waals surface area contributed by atoms with Gasteiger partial charge < -0.3 is 9.80 Å². The molecule has 25 heavy (non-hydrogen) atoms. The van der Waals surface area contributed by atoms with Crippen LogP contribution in [0.15, 0.2) is 36.9 Å². The van der Waals surface area contributed by atoms with Gasteiger partial charge in [-0.3, -0.25) is 0 Å². The van der Waals surface area contributed by atoms with Gasteiger partial charge in [0.05, 0.1) is 5.41 Å². The molecule has 2 saturated heterocycles. The van der Waals surface area contributed by atoms with Crippen LogP contribution in [0, 0.1) is 11.2 Å². The van der Waals surface area contributed by atoms with E-state index in [1.54, 1.807) is 17.2 Å². The number of aromatic nitrogens is 3. The first-order valence-corrected chi connectivity index (χ1v) is 8.25. The van der Waals surface area contributed by atoms with E-state index in [2.05, 4.69) is 15.0 Å². The van der Waals surface area contributed by atoms with Crippen molar-refractivity contribution in [2.45, 2.75) is 18.8 Å². The maximum Gasteiger partial charge on any atom is 0.258 e. The molecule has 0 aliphatic carbocycles. The van der Waals surface area contributed by atoms with E-state index in [1.807, 2.05) is 4.90 Å². The van der Waals surface area contributed by atoms with Crippen LogP contribution in [-0.4, -0.2) is 47.1 Å². The highest BCUT2D eigenvalue weighted by molar-refractivity contribution is 5.44. The van der Waals surface area contributed by atoms with Crippen molar-refractivity contribution in [3.05, 3.63) is 42.7 Å². The number of piperidine rings is 1. The smallest absolute Gasteiger partial charge is 0.258 e. The highest BCUT2D eigenvalue weighted by Crippen LogP contribution is 2.50. The van der Waals surface area contributed by atoms with Gasteiger partial charge in [-0.05, 0) is 24.6 Å². The second kappa shape index (κ2) is 5.86. The van der Waals surface area contributed by atoms with Crippen molar-refractivity contribution in [1.82, 2.24) is 15.0 Å². The van der Waals surface area contributed by atoms with Crippen LogP contribution in [0.5, 0.6) is 0 Å². The number of pyridine rings is 1. The van der Waals surface area contributed by atoms with Crippen LogP contribution in [-0.2, 0) is 0 Å². The lowest BCUT2D eigenvalue weighted by Gasteiger charge is -2.46. The van der Waals surface area contributed by atoms with Crippen LogP contribution in [0.2, 0.25) is 0 Å². The summed E-state index contributed by atoms with van der Waals surface area (Å²) in [6.45, 7) is 0.863. The van der Waals surface area contributed by atoms with E-state index in [4.69, 9.17) is 0 Å². The molecule has 4 heterocycles. The van der Waals surface area contributed by atoms with E-state index < -0.39 is 17.2 Å². The molecule has 1 unspecified atom stereocenters. The predicted molar refractivity (Wildman–Crippen MR) is 87.3 cm³/mol. The fourth-order valence-electron chi connectivity index (χ4n) is 3.86. The topological polar surface area (TPSA) is 45.2 Å². The SMILES string of the molecule is Fc1cccnc1N1CCC2(CN(c3ccncn3)CCC2(F)F)C1. The Balaban J connectivity index is 1.61. The summed E-state index contributed by atoms with van der Waals surface area (Å²) in [6.07, 6.45) is 4.55. The molecule has 0 saturated carbocycles. The third kappa shape index (κ3) is 2.69. The van der Waals surface area contributed by atoms with Gasteiger partial charge in [-0.1, -0.05) is 0 Å². The third-order valence-corrected chi connectivity index (χ3v) is 5.25. The van der Waals surface area contributed by atoms with Crippen molar-refractivity contribution >= 4 is 11.6 Å². The summed E-state index contributed by atoms with van der Waals surface area (Å²) in [5, 5.41) is 0. The van der Waals surface area contributed by atoms with Crippen molar-refractivity contribution in [3.8, 4) is 0 Å². The molecule has 0 N–H and O–H groups in total. The zero-order valence-electron chi connectivity index (χ0n) is 13.6. The molecule has 0 radical (unpaired) electrons. The maximum absolute atomic E-state index is 14.8. The maximum atomic E-state index is 14.8. The zero-order chi connectivity index (χ0) is 17.5. The third-order valence-electron chi connectivity index (χ3n) is 5.25. The standard InChI is InChI=1S/C17H18F3N5/c18-13-2-1-6-22-15(13)25-8-4-16(11-25)10-24(9-5-17(16,19)20)14-3-7-21-12-23-14/h1-3,6-7,12H,4-5,8-11H2. The van der Waals surface area contributed by atoms with Gasteiger partial charge in [0.2, 0.25) is 0 Å². The summed E-state index contributed by atoms with van der Waals surface area (Å²) < 4.78 is 43.7. The molecule has 0 bridgehead atoms. The van der Waals surface area contributed by atoms with Crippen LogP contribution in [0.1, 0.15) is 12.8 Å². The van der Waals surface area contributed by atoms with Gasteiger partial charge in [0.25, 0.3) is 5.92 Å². The largest absolute Gasteiger partial charge is 0.355 e. The monoisotopic (exact) mass is 349 g/mol. The van der Waals surface area contributed by atoms with Crippen LogP contribution in [0.25, 0.3) is 0 Å². The molecule has 2 aromatic rings. The molecule has 0 amide bonds. The first-order valence-electron chi connectivity index (χ1n) is 8.25. The van der Waals surface area contributed by atoms with Crippen molar-refractivity contribution in [1.29, 1.82) is 0 Å². The summed E-state index contributed by atoms with van der Waals surface area (Å²) in [5.41, 5.74) is -1.24. The average Bonchev–Trinajstić information content (AvgIpc) is 3.04. The van der Waals surface area contributed by atoms with Gasteiger partial charge in [-0.15, -0.1) is 0 Å². The second-order valence-corrected chi connectivity index (χ2v) is 6.70. The van der Waals surface area contributed by atoms with Crippen molar-refractivity contribution in [3.63, 3.8) is 0 Å². The Labute approximate surface area is 143 Å². The molecule has 2 aromatic heterocycles. The molecule has 1 spiro atoms. The number of nitrogens with zero attached hydrogens (tertiary/aromatic N) is 5. The van der Waals surface area contributed by atoms with Crippen LogP contribution in [0.3, 0.4) is 0 Å². The summed E-state index contributed by atoms with van der Waals surface area (Å²) in [4.78, 5) is 15.6. The Bertz CT molecular complexity index is 757. The van der Waals surface area contributed by atoms with Gasteiger partial charge >= 0.3 is 0 Å². The lowest BCUT2D eigenvalue weighted by molar-refractivity contribution is -0.124. The van der Waals surface area contributed by atoms with Gasteiger partial charge in [0.1, 0.15) is 12.1 Å². The van der Waals surface area contributed by atoms with E-state index in [1.165, 1.54) is 24.7 Å². The number of alkyl halides is 2. The molecule has 4 rings (SSSR count). The minimum Gasteiger partial charge on any atom is -0.355 e. The predicted octanol–water partition coefficient (Wildman–Crippen LogP) is 2.75. The van der Waals surface area contributed by atoms with Gasteiger partial charge in [0.15, 0.2) is 11.6 Å². The van der Waals surface area contributed by atoms with Crippen molar-refractivity contribution in [2.24, 2.45) is 5.41 Å². The molecule has 1 atom stereocenters. The highest BCUT2D eigenvalue weighted by atomic mass is 19.3. The lowest BCUT2D eigenvalue weighted by Crippen LogP contribution is -2.57. The number of halogens is 3. The zero-order valence-corrected chi connectivity index (χ0v) is 13.6. The summed E-state index contributed by atoms with van der Waals surface area (Å²) in [7, 11) is 0. The molecule has 2 aliphatic rings. The highest BCUT2D eigenvalue weighted by Gasteiger charge is 2.59. The number of hydrogen-bond donors (Lipinski definition) is 0. The molecular formula is C17H18F3N5. The van der Waals surface area contributed by atoms with Crippen molar-refractivity contribution in [2.75, 3.05) is 36.0 Å². The van der Waals surface area contributed by atoms with Crippen LogP contribution >= 0.6 is 0 Å². The van der Waals surface area contributed by atoms with Crippen molar-refractivity contribution < 1.29 is 13.2 Å². The van der Waals surface area contributed by atoms with Crippen LogP contribution in [0.4, 0.5) is 24.8 Å². The van der Waals surface area contributed by atoms with Gasteiger partial charge in [-0.2, -0.15) is 0 Å². The number of rotatable bonds is 2. The fraction of sp³-hybridized carbons (Fsp3) is 0.471. The van der Waals surface area contributed by atoms with E-state index in [0.717, 1.165) is 0 Å². The molecule has 2 aliphatic heterocycles. The fourth-order valence-corrected chi connectivity index (χ4v) is 3.86. The van der Waals surface area contributed by atoms with E-state index in [0.29, 0.717) is 12.4 Å². The first kappa shape index (κ1) is 16.1. The average molecular weight is 349 g/mol.